The summed E-state index contributed by atoms with van der Waals surface area (Å²) in [6, 6.07) is 2.65. The molecule has 1 unspecified atom stereocenters. The van der Waals surface area contributed by atoms with E-state index in [0.29, 0.717) is 31.3 Å². The lowest BCUT2D eigenvalue weighted by Crippen LogP contribution is -2.55. The maximum Gasteiger partial charge on any atom is 0.414 e. The van der Waals surface area contributed by atoms with E-state index in [0.717, 1.165) is 6.26 Å². The third kappa shape index (κ3) is 6.28. The van der Waals surface area contributed by atoms with Crippen LogP contribution < -0.4 is 10.2 Å². The van der Waals surface area contributed by atoms with Crippen LogP contribution in [0.25, 0.3) is 5.57 Å². The number of sulfonamides is 1. The lowest BCUT2D eigenvalue weighted by Gasteiger charge is -2.44. The third-order valence-electron chi connectivity index (χ3n) is 7.55. The summed E-state index contributed by atoms with van der Waals surface area (Å²) in [4.78, 5) is 32.1. The van der Waals surface area contributed by atoms with E-state index < -0.39 is 45.3 Å². The molecule has 3 atom stereocenters. The molecule has 1 fully saturated rings. The van der Waals surface area contributed by atoms with Gasteiger partial charge < -0.3 is 10.2 Å². The quantitative estimate of drug-likeness (QED) is 0.533. The molecule has 1 N–H and O–H groups in total. The molecule has 4 rings (SSSR count). The Hall–Kier alpha value is -3.10. The average molecular weight is 586 g/mol. The van der Waals surface area contributed by atoms with Crippen LogP contribution in [-0.4, -0.2) is 93.4 Å². The number of carbonyl (C=O) groups excluding carboxylic acids is 2. The molecule has 2 amide bonds. The van der Waals surface area contributed by atoms with Crippen LogP contribution in [0.1, 0.15) is 25.8 Å². The topological polar surface area (TPSA) is 102 Å². The van der Waals surface area contributed by atoms with E-state index in [1.165, 1.54) is 16.4 Å². The van der Waals surface area contributed by atoms with Gasteiger partial charge in [0.25, 0.3) is 5.91 Å². The number of carbonyl (C=O) groups is 2. The maximum absolute atomic E-state index is 15.6. The van der Waals surface area contributed by atoms with Crippen molar-refractivity contribution >= 4 is 45.0 Å². The summed E-state index contributed by atoms with van der Waals surface area (Å²) < 4.78 is 82.1. The van der Waals surface area contributed by atoms with Gasteiger partial charge in [0.05, 0.1) is 23.2 Å². The van der Waals surface area contributed by atoms with Crippen LogP contribution >= 0.6 is 0 Å². The molecule has 14 heteroatoms. The van der Waals surface area contributed by atoms with Crippen molar-refractivity contribution in [2.45, 2.75) is 38.5 Å². The highest BCUT2D eigenvalue weighted by Crippen LogP contribution is 2.37. The number of hydrogen-bond acceptors (Lipinski definition) is 6. The summed E-state index contributed by atoms with van der Waals surface area (Å²) in [7, 11) is -1.60. The highest BCUT2D eigenvalue weighted by Gasteiger charge is 2.43. The number of rotatable bonds is 5. The molecule has 1 aromatic rings. The molecule has 1 aromatic carbocycles. The van der Waals surface area contributed by atoms with Gasteiger partial charge in [-0.15, -0.1) is 0 Å². The van der Waals surface area contributed by atoms with Crippen molar-refractivity contribution in [1.82, 2.24) is 9.21 Å². The van der Waals surface area contributed by atoms with Crippen LogP contribution in [-0.2, 0) is 19.6 Å². The van der Waals surface area contributed by atoms with E-state index in [1.54, 1.807) is 6.08 Å². The van der Waals surface area contributed by atoms with E-state index in [9.17, 15) is 31.2 Å². The summed E-state index contributed by atoms with van der Waals surface area (Å²) in [5.74, 6) is -4.76. The molecule has 3 aliphatic rings. The summed E-state index contributed by atoms with van der Waals surface area (Å²) in [5.41, 5.74) is -0.609. The second kappa shape index (κ2) is 11.1. The van der Waals surface area contributed by atoms with Crippen molar-refractivity contribution in [3.8, 4) is 0 Å². The largest absolute Gasteiger partial charge is 0.414 e. The van der Waals surface area contributed by atoms with Crippen LogP contribution in [0, 0.1) is 11.7 Å². The van der Waals surface area contributed by atoms with Crippen LogP contribution in [0.15, 0.2) is 34.9 Å². The average Bonchev–Trinajstić information content (AvgIpc) is 2.86. The molecule has 9 nitrogen and oxygen atoms in total. The van der Waals surface area contributed by atoms with Crippen LogP contribution in [0.4, 0.5) is 28.9 Å². The van der Waals surface area contributed by atoms with Gasteiger partial charge in [0.1, 0.15) is 11.7 Å². The first-order chi connectivity index (χ1) is 18.6. The Labute approximate surface area is 230 Å². The number of alkyl halides is 3. The number of benzene rings is 1. The number of piperazine rings is 1. The Morgan fingerprint density at radius 3 is 2.40 bits per heavy atom. The molecule has 40 heavy (non-hydrogen) atoms. The number of likely N-dealkylation sites (N-methyl/N-ethyl adjacent to an activating group) is 1. The molecule has 3 heterocycles. The summed E-state index contributed by atoms with van der Waals surface area (Å²) >= 11 is 0. The zero-order chi connectivity index (χ0) is 29.6. The van der Waals surface area contributed by atoms with Gasteiger partial charge in [-0.2, -0.15) is 17.5 Å². The van der Waals surface area contributed by atoms with Gasteiger partial charge in [-0.05, 0) is 45.0 Å². The number of hydrogen-bond donors (Lipinski definition) is 1. The van der Waals surface area contributed by atoms with Crippen LogP contribution in [0.5, 0.6) is 0 Å². The lowest BCUT2D eigenvalue weighted by atomic mass is 9.95. The Kier molecular flexibility index (Phi) is 8.25. The first-order valence-electron chi connectivity index (χ1n) is 12.7. The van der Waals surface area contributed by atoms with Crippen molar-refractivity contribution in [3.05, 3.63) is 41.2 Å². The Morgan fingerprint density at radius 1 is 1.15 bits per heavy atom. The van der Waals surface area contributed by atoms with Gasteiger partial charge >= 0.3 is 6.18 Å². The third-order valence-corrected chi connectivity index (χ3v) is 8.80. The zero-order valence-corrected chi connectivity index (χ0v) is 23.3. The Morgan fingerprint density at radius 2 is 1.80 bits per heavy atom. The highest BCUT2D eigenvalue weighted by atomic mass is 32.2. The van der Waals surface area contributed by atoms with Crippen molar-refractivity contribution in [1.29, 1.82) is 0 Å². The van der Waals surface area contributed by atoms with Gasteiger partial charge in [-0.1, -0.05) is 6.08 Å². The van der Waals surface area contributed by atoms with E-state index in [4.69, 9.17) is 0 Å². The molecular weight excluding hydrogens is 554 g/mol. The van der Waals surface area contributed by atoms with Crippen molar-refractivity contribution in [2.24, 2.45) is 10.9 Å². The van der Waals surface area contributed by atoms with E-state index >= 15 is 4.39 Å². The number of halogens is 4. The van der Waals surface area contributed by atoms with Crippen LogP contribution in [0.3, 0.4) is 0 Å². The molecular formula is C26H31F4N5O4S. The number of nitrogens with one attached hydrogen (secondary N) is 1. The molecule has 0 saturated carbocycles. The van der Waals surface area contributed by atoms with Gasteiger partial charge in [0.2, 0.25) is 15.9 Å². The Bertz CT molecular complexity index is 1390. The first-order valence-corrected chi connectivity index (χ1v) is 14.5. The molecule has 3 aliphatic heterocycles. The molecule has 0 aliphatic carbocycles. The predicted octanol–water partition coefficient (Wildman–Crippen LogP) is 3.06. The van der Waals surface area contributed by atoms with E-state index in [2.05, 4.69) is 15.2 Å². The maximum atomic E-state index is 15.6. The Balaban J connectivity index is 1.76. The monoisotopic (exact) mass is 585 g/mol. The highest BCUT2D eigenvalue weighted by molar-refractivity contribution is 7.88. The van der Waals surface area contributed by atoms with Gasteiger partial charge in [-0.3, -0.25) is 14.5 Å². The SMILES string of the molecule is C[C@@H]1CN(c2cc(F)c(C3=CCCN(S(C)(=O)=O)C3)cc2NC(=O)C2C=NC(=O)C=C2C(F)(F)F)C[C@H](C)N1C. The van der Waals surface area contributed by atoms with E-state index in [-0.39, 0.29) is 48.2 Å². The second-order valence-electron chi connectivity index (χ2n) is 10.4. The van der Waals surface area contributed by atoms with Gasteiger partial charge in [-0.25, -0.2) is 17.8 Å². The second-order valence-corrected chi connectivity index (χ2v) is 12.4. The smallest absolute Gasteiger partial charge is 0.367 e. The van der Waals surface area contributed by atoms with Gasteiger partial charge in [0, 0.05) is 56.1 Å². The lowest BCUT2D eigenvalue weighted by molar-refractivity contribution is -0.124. The number of aliphatic imine (C=N–C) groups is 1. The molecule has 218 valence electrons. The van der Waals surface area contributed by atoms with Gasteiger partial charge in [0.15, 0.2) is 0 Å². The zero-order valence-electron chi connectivity index (χ0n) is 22.5. The standard InChI is InChI=1S/C26H31F4N5O4S/c1-15-12-34(13-16(2)33(15)3)23-10-21(27)18(17-6-5-7-35(14-17)40(4,38)39)8-22(23)32-25(37)19-11-31-24(36)9-20(19)26(28,29)30/h6,8-11,15-16,19H,5,7,12-14H2,1-4H3,(H,32,37)/t15-,16+,19?. The normalized spacial score (nSPS) is 25.1. The molecule has 0 aromatic heterocycles. The number of anilines is 2. The molecule has 0 radical (unpaired) electrons. The number of amides is 2. The molecule has 0 bridgehead atoms. The number of nitrogens with zero attached hydrogens (tertiary/aromatic N) is 4. The fourth-order valence-corrected chi connectivity index (χ4v) is 5.94. The first kappa shape index (κ1) is 29.9. The summed E-state index contributed by atoms with van der Waals surface area (Å²) in [6.07, 6.45) is -0.916. The minimum absolute atomic E-state index is 0.0294. The van der Waals surface area contributed by atoms with Crippen LogP contribution in [0.2, 0.25) is 0 Å². The fraction of sp³-hybridized carbons (Fsp3) is 0.500. The minimum atomic E-state index is -4.95. The minimum Gasteiger partial charge on any atom is -0.367 e. The van der Waals surface area contributed by atoms with Crippen molar-refractivity contribution < 1.29 is 35.6 Å². The molecule has 1 saturated heterocycles. The van der Waals surface area contributed by atoms with Crippen molar-refractivity contribution in [2.75, 3.05) is 49.7 Å². The van der Waals surface area contributed by atoms with E-state index in [1.807, 2.05) is 25.8 Å². The molecule has 0 spiro atoms. The van der Waals surface area contributed by atoms with Crippen molar-refractivity contribution in [3.63, 3.8) is 0 Å². The predicted molar refractivity (Wildman–Crippen MR) is 144 cm³/mol. The number of dihydropyridines is 1. The summed E-state index contributed by atoms with van der Waals surface area (Å²) in [6.45, 7) is 5.01. The fourth-order valence-electron chi connectivity index (χ4n) is 5.13. The summed E-state index contributed by atoms with van der Waals surface area (Å²) in [5, 5.41) is 2.52.